The highest BCUT2D eigenvalue weighted by Crippen LogP contribution is 2.25. The lowest BCUT2D eigenvalue weighted by atomic mass is 9.98. The maximum absolute atomic E-state index is 11.6. The summed E-state index contributed by atoms with van der Waals surface area (Å²) in [6.45, 7) is 4.82. The first kappa shape index (κ1) is 14.7. The lowest BCUT2D eigenvalue weighted by Gasteiger charge is -2.30. The summed E-state index contributed by atoms with van der Waals surface area (Å²) in [5, 5.41) is 1.04. The lowest BCUT2D eigenvalue weighted by Crippen LogP contribution is -2.34. The summed E-state index contributed by atoms with van der Waals surface area (Å²) in [4.78, 5) is 6.83. The zero-order chi connectivity index (χ0) is 13.9. The van der Waals surface area contributed by atoms with Gasteiger partial charge in [-0.3, -0.25) is 4.21 Å². The average molecular weight is 302 g/mol. The Kier molecular flexibility index (Phi) is 4.78. The van der Waals surface area contributed by atoms with Gasteiger partial charge in [0.1, 0.15) is 5.82 Å². The van der Waals surface area contributed by atoms with E-state index in [0.29, 0.717) is 5.92 Å². The summed E-state index contributed by atoms with van der Waals surface area (Å²) < 4.78 is 20.2. The molecule has 0 radical (unpaired) electrons. The van der Waals surface area contributed by atoms with Gasteiger partial charge >= 0.3 is 0 Å². The van der Waals surface area contributed by atoms with E-state index < -0.39 is 9.73 Å². The van der Waals surface area contributed by atoms with Gasteiger partial charge in [0.15, 0.2) is 0 Å². The van der Waals surface area contributed by atoms with Gasteiger partial charge in [0.05, 0.1) is 6.54 Å². The first-order valence-corrected chi connectivity index (χ1v) is 9.79. The van der Waals surface area contributed by atoms with Gasteiger partial charge in [-0.25, -0.2) is 9.35 Å². The highest BCUT2D eigenvalue weighted by atomic mass is 32.2. The van der Waals surface area contributed by atoms with Gasteiger partial charge in [-0.1, -0.05) is 6.92 Å². The van der Waals surface area contributed by atoms with Crippen molar-refractivity contribution in [3.63, 3.8) is 0 Å². The topological polar surface area (TPSA) is 58.5 Å². The van der Waals surface area contributed by atoms with E-state index >= 15 is 0 Å². The molecule has 0 saturated carbocycles. The lowest BCUT2D eigenvalue weighted by molar-refractivity contribution is 0.416. The van der Waals surface area contributed by atoms with Gasteiger partial charge in [-0.05, 0) is 18.8 Å². The van der Waals surface area contributed by atoms with E-state index in [9.17, 15) is 4.21 Å². The molecule has 0 aliphatic carbocycles. The summed E-state index contributed by atoms with van der Waals surface area (Å²) in [5.74, 6) is 1.50. The van der Waals surface area contributed by atoms with Crippen molar-refractivity contribution in [1.29, 1.82) is 0 Å². The third-order valence-corrected chi connectivity index (χ3v) is 4.89. The quantitative estimate of drug-likeness (QED) is 0.854. The molecule has 0 unspecified atom stereocenters. The van der Waals surface area contributed by atoms with E-state index in [4.69, 9.17) is 0 Å². The largest absolute Gasteiger partial charge is 0.347 e. The first-order valence-electron chi connectivity index (χ1n) is 6.68. The number of nitrogens with zero attached hydrogens (tertiary/aromatic N) is 4. The van der Waals surface area contributed by atoms with Crippen LogP contribution >= 0.6 is 11.5 Å². The van der Waals surface area contributed by atoms with Crippen molar-refractivity contribution < 1.29 is 4.21 Å². The molecule has 7 heteroatoms. The molecular formula is C12H22N4OS2. The highest BCUT2D eigenvalue weighted by Gasteiger charge is 2.21. The Hall–Kier alpha value is -0.690. The Morgan fingerprint density at radius 1 is 1.42 bits per heavy atom. The van der Waals surface area contributed by atoms with Crippen LogP contribution in [0.5, 0.6) is 0 Å². The number of hydrogen-bond donors (Lipinski definition) is 0. The molecule has 0 N–H and O–H groups in total. The molecule has 1 aliphatic heterocycles. The summed E-state index contributed by atoms with van der Waals surface area (Å²) >= 11 is 1.49. The van der Waals surface area contributed by atoms with E-state index in [1.807, 2.05) is 0 Å². The molecule has 19 heavy (non-hydrogen) atoms. The van der Waals surface area contributed by atoms with Crippen molar-refractivity contribution in [2.45, 2.75) is 26.2 Å². The minimum absolute atomic E-state index is 0.565. The molecule has 0 amide bonds. The Labute approximate surface area is 119 Å². The smallest absolute Gasteiger partial charge is 0.205 e. The van der Waals surface area contributed by atoms with E-state index in [2.05, 4.69) is 25.5 Å². The van der Waals surface area contributed by atoms with Gasteiger partial charge in [-0.2, -0.15) is 4.37 Å². The van der Waals surface area contributed by atoms with Crippen molar-refractivity contribution in [2.24, 2.45) is 10.3 Å². The van der Waals surface area contributed by atoms with Crippen LogP contribution in [-0.2, 0) is 16.1 Å². The van der Waals surface area contributed by atoms with Crippen molar-refractivity contribution in [2.75, 3.05) is 37.0 Å². The number of anilines is 1. The Balaban J connectivity index is 1.87. The Morgan fingerprint density at radius 3 is 2.63 bits per heavy atom. The molecule has 1 aliphatic rings. The molecule has 2 heterocycles. The summed E-state index contributed by atoms with van der Waals surface area (Å²) in [6, 6.07) is 0. The van der Waals surface area contributed by atoms with Gasteiger partial charge in [0.2, 0.25) is 5.13 Å². The van der Waals surface area contributed by atoms with Crippen molar-refractivity contribution in [3.8, 4) is 0 Å². The second-order valence-electron chi connectivity index (χ2n) is 5.27. The van der Waals surface area contributed by atoms with Crippen molar-refractivity contribution in [3.05, 3.63) is 5.82 Å². The van der Waals surface area contributed by atoms with Crippen LogP contribution in [0.1, 0.15) is 25.6 Å². The van der Waals surface area contributed by atoms with E-state index in [0.717, 1.165) is 49.9 Å². The predicted molar refractivity (Wildman–Crippen MR) is 81.5 cm³/mol. The molecule has 0 atom stereocenters. The fourth-order valence-corrected chi connectivity index (χ4v) is 3.48. The number of aromatic nitrogens is 2. The zero-order valence-electron chi connectivity index (χ0n) is 11.8. The van der Waals surface area contributed by atoms with Crippen LogP contribution in [0.4, 0.5) is 5.13 Å². The van der Waals surface area contributed by atoms with Crippen molar-refractivity contribution in [1.82, 2.24) is 9.36 Å². The second kappa shape index (κ2) is 6.17. The normalized spacial score (nSPS) is 17.7. The summed E-state index contributed by atoms with van der Waals surface area (Å²) in [5.41, 5.74) is 0. The molecular weight excluding hydrogens is 280 g/mol. The number of rotatable bonds is 4. The molecule has 1 aromatic heterocycles. The van der Waals surface area contributed by atoms with Gasteiger partial charge in [0.25, 0.3) is 0 Å². The summed E-state index contributed by atoms with van der Waals surface area (Å²) in [7, 11) is -1.95. The minimum Gasteiger partial charge on any atom is -0.347 e. The van der Waals surface area contributed by atoms with Gasteiger partial charge in [-0.15, -0.1) is 0 Å². The third kappa shape index (κ3) is 4.42. The second-order valence-corrected chi connectivity index (χ2v) is 8.62. The molecule has 108 valence electrons. The fraction of sp³-hybridized carbons (Fsp3) is 0.833. The van der Waals surface area contributed by atoms with Crippen LogP contribution in [0.2, 0.25) is 0 Å². The fourth-order valence-electron chi connectivity index (χ4n) is 2.11. The highest BCUT2D eigenvalue weighted by molar-refractivity contribution is 7.92. The minimum atomic E-state index is -1.95. The van der Waals surface area contributed by atoms with Crippen LogP contribution < -0.4 is 4.90 Å². The van der Waals surface area contributed by atoms with Gasteiger partial charge < -0.3 is 4.90 Å². The van der Waals surface area contributed by atoms with Crippen LogP contribution in [0.25, 0.3) is 0 Å². The van der Waals surface area contributed by atoms with Crippen molar-refractivity contribution >= 4 is 26.4 Å². The Bertz CT molecular complexity index is 518. The first-order chi connectivity index (χ1) is 8.98. The van der Waals surface area contributed by atoms with Crippen LogP contribution in [0, 0.1) is 5.92 Å². The number of aryl methyl sites for hydroxylation is 1. The molecule has 0 bridgehead atoms. The maximum Gasteiger partial charge on any atom is 0.205 e. The SMILES string of the molecule is CCc1nsc(N2CCC(CN=S(C)(C)=O)CC2)n1. The third-order valence-electron chi connectivity index (χ3n) is 3.30. The van der Waals surface area contributed by atoms with Crippen LogP contribution in [-0.4, -0.2) is 45.7 Å². The molecule has 1 aromatic rings. The number of piperidine rings is 1. The molecule has 1 fully saturated rings. The van der Waals surface area contributed by atoms with Crippen LogP contribution in [0.3, 0.4) is 0 Å². The average Bonchev–Trinajstić information content (AvgIpc) is 2.85. The molecule has 1 saturated heterocycles. The standard InChI is InChI=1S/C12H22N4OS2/c1-4-11-14-12(18-15-11)16-7-5-10(6-8-16)9-13-19(2,3)17/h10H,4-9H2,1-3H3. The Morgan fingerprint density at radius 2 is 2.11 bits per heavy atom. The summed E-state index contributed by atoms with van der Waals surface area (Å²) in [6.07, 6.45) is 6.50. The molecule has 0 aromatic carbocycles. The number of hydrogen-bond acceptors (Lipinski definition) is 6. The molecule has 0 spiro atoms. The molecule has 2 rings (SSSR count). The van der Waals surface area contributed by atoms with Crippen LogP contribution in [0.15, 0.2) is 4.36 Å². The van der Waals surface area contributed by atoms with E-state index in [1.54, 1.807) is 12.5 Å². The predicted octanol–water partition coefficient (Wildman–Crippen LogP) is 2.04. The molecule has 5 nitrogen and oxygen atoms in total. The maximum atomic E-state index is 11.6. The monoisotopic (exact) mass is 302 g/mol. The van der Waals surface area contributed by atoms with E-state index in [1.165, 1.54) is 11.5 Å². The van der Waals surface area contributed by atoms with E-state index in [-0.39, 0.29) is 0 Å². The van der Waals surface area contributed by atoms with Gasteiger partial charge in [0, 0.05) is 53.3 Å². The zero-order valence-corrected chi connectivity index (χ0v) is 13.5.